The number of nitrogens with zero attached hydrogens (tertiary/aromatic N) is 3. The Morgan fingerprint density at radius 2 is 1.89 bits per heavy atom. The molecule has 0 atom stereocenters. The molecule has 0 aliphatic carbocycles. The first kappa shape index (κ1) is 17.1. The summed E-state index contributed by atoms with van der Waals surface area (Å²) >= 11 is 1.53. The molecule has 0 spiro atoms. The highest BCUT2D eigenvalue weighted by Crippen LogP contribution is 2.28. The van der Waals surface area contributed by atoms with Gasteiger partial charge < -0.3 is 5.32 Å². The van der Waals surface area contributed by atoms with E-state index in [-0.39, 0.29) is 5.78 Å². The van der Waals surface area contributed by atoms with Crippen molar-refractivity contribution in [1.29, 1.82) is 0 Å². The Kier molecular flexibility index (Phi) is 4.72. The van der Waals surface area contributed by atoms with Crippen LogP contribution in [0.1, 0.15) is 17.3 Å². The third-order valence-corrected chi connectivity index (χ3v) is 4.84. The van der Waals surface area contributed by atoms with E-state index in [1.807, 2.05) is 60.0 Å². The molecule has 0 radical (unpaired) electrons. The molecule has 1 N–H and O–H groups in total. The van der Waals surface area contributed by atoms with Gasteiger partial charge in [-0.2, -0.15) is 0 Å². The second-order valence-corrected chi connectivity index (χ2v) is 6.80. The van der Waals surface area contributed by atoms with Crippen molar-refractivity contribution in [3.63, 3.8) is 0 Å². The lowest BCUT2D eigenvalue weighted by atomic mass is 9.97. The van der Waals surface area contributed by atoms with Crippen molar-refractivity contribution < 1.29 is 4.79 Å². The number of Topliss-reactive ketones (excluding diaryl/α,β-unsaturated/α-hetero) is 1. The number of anilines is 2. The normalized spacial score (nSPS) is 10.6. The van der Waals surface area contributed by atoms with Gasteiger partial charge in [-0.25, -0.2) is 15.0 Å². The zero-order chi connectivity index (χ0) is 18.6. The van der Waals surface area contributed by atoms with Gasteiger partial charge in [0.1, 0.15) is 10.7 Å². The van der Waals surface area contributed by atoms with Gasteiger partial charge in [0.2, 0.25) is 5.95 Å². The molecule has 2 aromatic carbocycles. The molecule has 0 saturated heterocycles. The van der Waals surface area contributed by atoms with Crippen LogP contribution in [0.25, 0.3) is 21.8 Å². The van der Waals surface area contributed by atoms with Gasteiger partial charge in [-0.3, -0.25) is 4.79 Å². The van der Waals surface area contributed by atoms with Gasteiger partial charge in [0, 0.05) is 29.0 Å². The fourth-order valence-corrected chi connectivity index (χ4v) is 3.43. The molecular formula is C21H16N4OS. The van der Waals surface area contributed by atoms with Crippen molar-refractivity contribution >= 4 is 28.8 Å². The first-order valence-corrected chi connectivity index (χ1v) is 9.29. The molecule has 2 heterocycles. The van der Waals surface area contributed by atoms with Crippen molar-refractivity contribution in [3.8, 4) is 21.8 Å². The van der Waals surface area contributed by atoms with Crippen LogP contribution in [0.5, 0.6) is 0 Å². The summed E-state index contributed by atoms with van der Waals surface area (Å²) in [5.74, 6) is 0.545. The van der Waals surface area contributed by atoms with Gasteiger partial charge in [-0.15, -0.1) is 11.3 Å². The Labute approximate surface area is 160 Å². The Morgan fingerprint density at radius 3 is 2.70 bits per heavy atom. The van der Waals surface area contributed by atoms with Crippen LogP contribution >= 0.6 is 11.3 Å². The fraction of sp³-hybridized carbons (Fsp3) is 0.0476. The number of nitrogens with one attached hydrogen (secondary N) is 1. The molecule has 0 bridgehead atoms. The second-order valence-electron chi connectivity index (χ2n) is 5.91. The summed E-state index contributed by atoms with van der Waals surface area (Å²) in [5.41, 5.74) is 4.20. The highest BCUT2D eigenvalue weighted by atomic mass is 32.1. The van der Waals surface area contributed by atoms with E-state index in [2.05, 4.69) is 20.3 Å². The van der Waals surface area contributed by atoms with Gasteiger partial charge in [-0.1, -0.05) is 36.4 Å². The first-order chi connectivity index (χ1) is 13.2. The smallest absolute Gasteiger partial charge is 0.227 e. The van der Waals surface area contributed by atoms with E-state index in [1.165, 1.54) is 11.3 Å². The van der Waals surface area contributed by atoms with Crippen LogP contribution in [-0.4, -0.2) is 20.7 Å². The molecule has 132 valence electrons. The summed E-state index contributed by atoms with van der Waals surface area (Å²) in [5, 5.41) is 6.00. The van der Waals surface area contributed by atoms with Gasteiger partial charge in [-0.05, 0) is 36.2 Å². The largest absolute Gasteiger partial charge is 0.324 e. The standard InChI is InChI=1S/C21H16N4OS/c1-14(26)17-7-2-3-8-18(17)15-5-4-6-16(13-15)24-21-23-10-9-19(25-21)20-22-11-12-27-20/h2-13H,1H3,(H,23,24,25). The van der Waals surface area contributed by atoms with Crippen LogP contribution in [-0.2, 0) is 0 Å². The third-order valence-electron chi connectivity index (χ3n) is 4.04. The Balaban J connectivity index is 1.65. The lowest BCUT2D eigenvalue weighted by Gasteiger charge is -2.10. The summed E-state index contributed by atoms with van der Waals surface area (Å²) in [7, 11) is 0. The number of ketones is 1. The topological polar surface area (TPSA) is 67.8 Å². The van der Waals surface area contributed by atoms with Gasteiger partial charge >= 0.3 is 0 Å². The van der Waals surface area contributed by atoms with Crippen molar-refractivity contribution in [2.24, 2.45) is 0 Å². The summed E-state index contributed by atoms with van der Waals surface area (Å²) < 4.78 is 0. The average Bonchev–Trinajstić information content (AvgIpc) is 3.23. The van der Waals surface area contributed by atoms with E-state index >= 15 is 0 Å². The maximum atomic E-state index is 11.9. The highest BCUT2D eigenvalue weighted by Gasteiger charge is 2.10. The summed E-state index contributed by atoms with van der Waals surface area (Å²) in [6, 6.07) is 17.3. The Morgan fingerprint density at radius 1 is 1.00 bits per heavy atom. The van der Waals surface area contributed by atoms with Crippen LogP contribution in [0, 0.1) is 0 Å². The molecule has 27 heavy (non-hydrogen) atoms. The third kappa shape index (κ3) is 3.75. The predicted octanol–water partition coefficient (Wildman–Crippen LogP) is 5.21. The predicted molar refractivity (Wildman–Crippen MR) is 108 cm³/mol. The SMILES string of the molecule is CC(=O)c1ccccc1-c1cccc(Nc2nccc(-c3nccs3)n2)c1. The lowest BCUT2D eigenvalue weighted by Crippen LogP contribution is -1.99. The maximum absolute atomic E-state index is 11.9. The number of benzene rings is 2. The van der Waals surface area contributed by atoms with E-state index in [0.717, 1.165) is 27.5 Å². The van der Waals surface area contributed by atoms with E-state index in [4.69, 9.17) is 0 Å². The quantitative estimate of drug-likeness (QED) is 0.487. The molecule has 0 saturated carbocycles. The molecule has 0 amide bonds. The number of aromatic nitrogens is 3. The van der Waals surface area contributed by atoms with Crippen molar-refractivity contribution in [2.75, 3.05) is 5.32 Å². The van der Waals surface area contributed by atoms with E-state index in [1.54, 1.807) is 19.3 Å². The molecule has 0 aliphatic rings. The molecule has 0 unspecified atom stereocenters. The Bertz CT molecular complexity index is 1090. The number of hydrogen-bond donors (Lipinski definition) is 1. The van der Waals surface area contributed by atoms with Gasteiger partial charge in [0.15, 0.2) is 5.78 Å². The minimum absolute atomic E-state index is 0.0449. The molecule has 5 nitrogen and oxygen atoms in total. The molecule has 2 aromatic heterocycles. The van der Waals surface area contributed by atoms with Crippen LogP contribution in [0.15, 0.2) is 72.4 Å². The van der Waals surface area contributed by atoms with Crippen LogP contribution in [0.2, 0.25) is 0 Å². The number of hydrogen-bond acceptors (Lipinski definition) is 6. The Hall–Kier alpha value is -3.38. The van der Waals surface area contributed by atoms with E-state index in [0.29, 0.717) is 11.5 Å². The second kappa shape index (κ2) is 7.47. The monoisotopic (exact) mass is 372 g/mol. The molecule has 0 fully saturated rings. The average molecular weight is 372 g/mol. The van der Waals surface area contributed by atoms with Crippen LogP contribution in [0.3, 0.4) is 0 Å². The van der Waals surface area contributed by atoms with Crippen molar-refractivity contribution in [1.82, 2.24) is 15.0 Å². The van der Waals surface area contributed by atoms with Crippen molar-refractivity contribution in [3.05, 3.63) is 77.9 Å². The highest BCUT2D eigenvalue weighted by molar-refractivity contribution is 7.13. The molecule has 4 aromatic rings. The van der Waals surface area contributed by atoms with Crippen LogP contribution in [0.4, 0.5) is 11.6 Å². The zero-order valence-corrected chi connectivity index (χ0v) is 15.4. The number of carbonyl (C=O) groups is 1. The number of carbonyl (C=O) groups excluding carboxylic acids is 1. The van der Waals surface area contributed by atoms with Gasteiger partial charge in [0.05, 0.1) is 0 Å². The van der Waals surface area contributed by atoms with E-state index < -0.39 is 0 Å². The molecule has 0 aliphatic heterocycles. The van der Waals surface area contributed by atoms with Gasteiger partial charge in [0.25, 0.3) is 0 Å². The fourth-order valence-electron chi connectivity index (χ4n) is 2.82. The minimum Gasteiger partial charge on any atom is -0.324 e. The lowest BCUT2D eigenvalue weighted by molar-refractivity contribution is 0.101. The molecule has 4 rings (SSSR count). The number of thiazole rings is 1. The van der Waals surface area contributed by atoms with E-state index in [9.17, 15) is 4.79 Å². The zero-order valence-electron chi connectivity index (χ0n) is 14.6. The van der Waals surface area contributed by atoms with Crippen LogP contribution < -0.4 is 5.32 Å². The minimum atomic E-state index is 0.0449. The summed E-state index contributed by atoms with van der Waals surface area (Å²) in [6.07, 6.45) is 3.46. The number of rotatable bonds is 5. The maximum Gasteiger partial charge on any atom is 0.227 e. The summed E-state index contributed by atoms with van der Waals surface area (Å²) in [6.45, 7) is 1.58. The molecule has 6 heteroatoms. The summed E-state index contributed by atoms with van der Waals surface area (Å²) in [4.78, 5) is 25.0. The first-order valence-electron chi connectivity index (χ1n) is 8.41. The molecular weight excluding hydrogens is 356 g/mol. The van der Waals surface area contributed by atoms with Crippen molar-refractivity contribution in [2.45, 2.75) is 6.92 Å².